The molecule has 0 bridgehead atoms. The standard InChI is InChI=1S/C43H48N2O10/c1-49-39-14-6-4-11-35(39)28-51-19-8-20-52-37-17-15-32(16-18-37)42-36(29-54-43(46)34-12-7-9-30(21-34)27-55-45(47)48)24-44-25-41(42)53-26-31-22-33-10-3-5-13-38(33)40(23-31)50-2/h3-7,9-18,21-23,36,41-42,44,47-48H,8,19-20,24-29H2,1-2H3. The number of methoxy groups -OCH3 is 2. The number of benzene rings is 5. The second-order valence-electron chi connectivity index (χ2n) is 13.3. The highest BCUT2D eigenvalue weighted by Crippen LogP contribution is 2.35. The van der Waals surface area contributed by atoms with Crippen LogP contribution in [0, 0.1) is 5.92 Å². The largest absolute Gasteiger partial charge is 0.496 e. The number of para-hydroxylation sites is 1. The summed E-state index contributed by atoms with van der Waals surface area (Å²) in [7, 11) is 3.33. The van der Waals surface area contributed by atoms with Gasteiger partial charge in [0.1, 0.15) is 17.2 Å². The Morgan fingerprint density at radius 1 is 0.782 bits per heavy atom. The smallest absolute Gasteiger partial charge is 0.338 e. The first-order chi connectivity index (χ1) is 26.9. The highest BCUT2D eigenvalue weighted by atomic mass is 17.1. The Bertz CT molecular complexity index is 1970. The summed E-state index contributed by atoms with van der Waals surface area (Å²) in [4.78, 5) is 17.9. The third-order valence-electron chi connectivity index (χ3n) is 9.58. The van der Waals surface area contributed by atoms with E-state index in [9.17, 15) is 4.79 Å². The number of hydrogen-bond donors (Lipinski definition) is 3. The molecule has 55 heavy (non-hydrogen) atoms. The zero-order valence-corrected chi connectivity index (χ0v) is 31.1. The van der Waals surface area contributed by atoms with Gasteiger partial charge in [0.2, 0.25) is 0 Å². The van der Waals surface area contributed by atoms with Crippen LogP contribution in [0.3, 0.4) is 0 Å². The number of ether oxygens (including phenoxy) is 6. The number of hydrogen-bond acceptors (Lipinski definition) is 12. The molecule has 1 aliphatic heterocycles. The summed E-state index contributed by atoms with van der Waals surface area (Å²) >= 11 is 0. The number of carbonyl (C=O) groups is 1. The van der Waals surface area contributed by atoms with Crippen LogP contribution < -0.4 is 19.5 Å². The van der Waals surface area contributed by atoms with Crippen LogP contribution in [0.15, 0.2) is 109 Å². The maximum absolute atomic E-state index is 13.2. The van der Waals surface area contributed by atoms with E-state index < -0.39 is 5.97 Å². The topological polar surface area (TPSA) is 137 Å². The Hall–Kier alpha value is -5.05. The predicted octanol–water partition coefficient (Wildman–Crippen LogP) is 7.10. The van der Waals surface area contributed by atoms with Crippen LogP contribution >= 0.6 is 0 Å². The molecule has 0 aliphatic carbocycles. The molecule has 12 heteroatoms. The van der Waals surface area contributed by atoms with Gasteiger partial charge in [0.15, 0.2) is 0 Å². The fourth-order valence-corrected chi connectivity index (χ4v) is 6.90. The summed E-state index contributed by atoms with van der Waals surface area (Å²) in [5, 5.41) is 23.0. The summed E-state index contributed by atoms with van der Waals surface area (Å²) in [6, 6.07) is 34.7. The number of piperidine rings is 1. The molecule has 0 amide bonds. The van der Waals surface area contributed by atoms with E-state index in [-0.39, 0.29) is 36.5 Å². The first kappa shape index (κ1) is 39.6. The van der Waals surface area contributed by atoms with E-state index >= 15 is 0 Å². The van der Waals surface area contributed by atoms with Crippen molar-refractivity contribution < 1.29 is 48.5 Å². The summed E-state index contributed by atoms with van der Waals surface area (Å²) in [6.45, 7) is 3.13. The van der Waals surface area contributed by atoms with Crippen molar-refractivity contribution in [2.45, 2.75) is 38.3 Å². The first-order valence-electron chi connectivity index (χ1n) is 18.3. The minimum atomic E-state index is -0.493. The van der Waals surface area contributed by atoms with Crippen molar-refractivity contribution in [3.05, 3.63) is 137 Å². The van der Waals surface area contributed by atoms with E-state index in [4.69, 9.17) is 43.7 Å². The fourth-order valence-electron chi connectivity index (χ4n) is 6.90. The maximum atomic E-state index is 13.2. The summed E-state index contributed by atoms with van der Waals surface area (Å²) in [6.07, 6.45) is 0.494. The molecule has 0 radical (unpaired) electrons. The maximum Gasteiger partial charge on any atom is 0.338 e. The Morgan fingerprint density at radius 3 is 2.40 bits per heavy atom. The Morgan fingerprint density at radius 2 is 1.58 bits per heavy atom. The zero-order valence-electron chi connectivity index (χ0n) is 31.1. The molecule has 3 unspecified atom stereocenters. The molecular weight excluding hydrogens is 704 g/mol. The third-order valence-corrected chi connectivity index (χ3v) is 9.58. The van der Waals surface area contributed by atoms with Crippen LogP contribution in [0.2, 0.25) is 0 Å². The number of carbonyl (C=O) groups excluding carboxylic acids is 1. The van der Waals surface area contributed by atoms with Crippen molar-refractivity contribution in [2.75, 3.05) is 47.1 Å². The van der Waals surface area contributed by atoms with E-state index in [0.717, 1.165) is 51.1 Å². The van der Waals surface area contributed by atoms with Gasteiger partial charge in [-0.2, -0.15) is 0 Å². The van der Waals surface area contributed by atoms with Crippen molar-refractivity contribution in [1.29, 1.82) is 0 Å². The van der Waals surface area contributed by atoms with Crippen molar-refractivity contribution >= 4 is 16.7 Å². The molecule has 290 valence electrons. The van der Waals surface area contributed by atoms with Crippen LogP contribution in [-0.4, -0.2) is 75.0 Å². The summed E-state index contributed by atoms with van der Waals surface area (Å²) in [5.41, 5.74) is 3.95. The SMILES string of the molecule is COc1ccccc1COCCCOc1ccc(C2C(COC(=O)c3cccc(CON(O)O)c3)CNCC2OCc2cc(OC)c3ccccc3c2)cc1. The molecule has 12 nitrogen and oxygen atoms in total. The molecular formula is C43H48N2O10. The zero-order chi connectivity index (χ0) is 38.4. The predicted molar refractivity (Wildman–Crippen MR) is 204 cm³/mol. The minimum absolute atomic E-state index is 0.103. The minimum Gasteiger partial charge on any atom is -0.496 e. The monoisotopic (exact) mass is 752 g/mol. The second kappa shape index (κ2) is 20.0. The van der Waals surface area contributed by atoms with Gasteiger partial charge in [0.25, 0.3) is 0 Å². The average Bonchev–Trinajstić information content (AvgIpc) is 3.22. The van der Waals surface area contributed by atoms with E-state index in [1.54, 1.807) is 38.5 Å². The lowest BCUT2D eigenvalue weighted by atomic mass is 9.79. The van der Waals surface area contributed by atoms with Crippen molar-refractivity contribution in [2.24, 2.45) is 5.92 Å². The van der Waals surface area contributed by atoms with Gasteiger partial charge in [-0.25, -0.2) is 9.63 Å². The molecule has 5 aromatic rings. The molecule has 3 atom stereocenters. The highest BCUT2D eigenvalue weighted by molar-refractivity contribution is 5.90. The molecule has 1 heterocycles. The summed E-state index contributed by atoms with van der Waals surface area (Å²) in [5.74, 6) is 1.65. The van der Waals surface area contributed by atoms with E-state index in [2.05, 4.69) is 29.6 Å². The highest BCUT2D eigenvalue weighted by Gasteiger charge is 2.36. The van der Waals surface area contributed by atoms with Gasteiger partial charge in [-0.05, 0) is 64.5 Å². The molecule has 1 saturated heterocycles. The second-order valence-corrected chi connectivity index (χ2v) is 13.3. The van der Waals surface area contributed by atoms with Crippen LogP contribution in [0.25, 0.3) is 10.8 Å². The van der Waals surface area contributed by atoms with Gasteiger partial charge >= 0.3 is 5.97 Å². The van der Waals surface area contributed by atoms with Gasteiger partial charge < -0.3 is 33.7 Å². The molecule has 3 N–H and O–H groups in total. The normalized spacial score (nSPS) is 16.9. The van der Waals surface area contributed by atoms with E-state index in [0.29, 0.717) is 50.6 Å². The molecule has 0 spiro atoms. The quantitative estimate of drug-likeness (QED) is 0.0451. The number of nitrogens with one attached hydrogen (secondary N) is 1. The van der Waals surface area contributed by atoms with Crippen LogP contribution in [-0.2, 0) is 38.9 Å². The lowest BCUT2D eigenvalue weighted by Crippen LogP contribution is -2.48. The molecule has 5 aromatic carbocycles. The third kappa shape index (κ3) is 11.0. The van der Waals surface area contributed by atoms with Gasteiger partial charge in [0.05, 0.1) is 70.9 Å². The number of rotatable bonds is 19. The van der Waals surface area contributed by atoms with E-state index in [1.165, 1.54) is 0 Å². The number of nitrogens with zero attached hydrogens (tertiary/aromatic N) is 1. The van der Waals surface area contributed by atoms with Gasteiger partial charge in [0, 0.05) is 42.3 Å². The average molecular weight is 753 g/mol. The Kier molecular flexibility index (Phi) is 14.4. The van der Waals surface area contributed by atoms with Gasteiger partial charge in [-0.15, -0.1) is 0 Å². The fraction of sp³-hybridized carbons (Fsp3) is 0.326. The van der Waals surface area contributed by atoms with Crippen LogP contribution in [0.4, 0.5) is 0 Å². The van der Waals surface area contributed by atoms with E-state index in [1.807, 2.05) is 60.7 Å². The number of fused-ring (bicyclic) bond motifs is 1. The van der Waals surface area contributed by atoms with Gasteiger partial charge in [-0.1, -0.05) is 66.7 Å². The molecule has 1 fully saturated rings. The first-order valence-corrected chi connectivity index (χ1v) is 18.3. The Labute approximate surface area is 320 Å². The number of esters is 1. The van der Waals surface area contributed by atoms with Crippen LogP contribution in [0.1, 0.15) is 45.0 Å². The molecule has 0 saturated carbocycles. The Balaban J connectivity index is 1.11. The van der Waals surface area contributed by atoms with Crippen LogP contribution in [0.5, 0.6) is 17.2 Å². The van der Waals surface area contributed by atoms with Crippen molar-refractivity contribution in [3.8, 4) is 17.2 Å². The van der Waals surface area contributed by atoms with Crippen molar-refractivity contribution in [3.63, 3.8) is 0 Å². The lowest BCUT2D eigenvalue weighted by molar-refractivity contribution is -0.497. The molecule has 1 aliphatic rings. The summed E-state index contributed by atoms with van der Waals surface area (Å²) < 4.78 is 35.6. The van der Waals surface area contributed by atoms with Crippen molar-refractivity contribution in [1.82, 2.24) is 10.7 Å². The lowest BCUT2D eigenvalue weighted by Gasteiger charge is -2.38. The van der Waals surface area contributed by atoms with Gasteiger partial charge in [-0.3, -0.25) is 10.4 Å². The molecule has 6 rings (SSSR count). The molecule has 0 aromatic heterocycles.